The minimum atomic E-state index is -0.348. The van der Waals surface area contributed by atoms with Crippen LogP contribution in [0, 0.1) is 11.3 Å². The summed E-state index contributed by atoms with van der Waals surface area (Å²) in [4.78, 5) is 26.3. The molecule has 2 unspecified atom stereocenters. The molecule has 0 spiro atoms. The van der Waals surface area contributed by atoms with E-state index in [4.69, 9.17) is 0 Å². The fourth-order valence-electron chi connectivity index (χ4n) is 3.46. The Bertz CT molecular complexity index is 376. The molecule has 2 atom stereocenters. The van der Waals surface area contributed by atoms with Crippen molar-refractivity contribution in [2.24, 2.45) is 11.3 Å². The highest BCUT2D eigenvalue weighted by Gasteiger charge is 2.44. The van der Waals surface area contributed by atoms with Gasteiger partial charge in [0, 0.05) is 6.04 Å². The zero-order chi connectivity index (χ0) is 14.2. The predicted molar refractivity (Wildman–Crippen MR) is 74.5 cm³/mol. The van der Waals surface area contributed by atoms with Gasteiger partial charge in [0.1, 0.15) is 6.04 Å². The molecule has 0 aromatic rings. The third kappa shape index (κ3) is 2.77. The Hall–Kier alpha value is -1.06. The molecule has 2 amide bonds. The summed E-state index contributed by atoms with van der Waals surface area (Å²) >= 11 is 0. The molecule has 2 fully saturated rings. The average Bonchev–Trinajstić information content (AvgIpc) is 2.31. The van der Waals surface area contributed by atoms with Crippen LogP contribution in [0.1, 0.15) is 53.4 Å². The van der Waals surface area contributed by atoms with E-state index in [0.717, 1.165) is 19.3 Å². The van der Waals surface area contributed by atoms with Crippen molar-refractivity contribution in [1.29, 1.82) is 0 Å². The first-order valence-electron chi connectivity index (χ1n) is 7.43. The Labute approximate surface area is 115 Å². The molecule has 1 N–H and O–H groups in total. The Morgan fingerprint density at radius 2 is 1.95 bits per heavy atom. The van der Waals surface area contributed by atoms with Crippen LogP contribution in [0.4, 0.5) is 0 Å². The van der Waals surface area contributed by atoms with Crippen molar-refractivity contribution in [3.05, 3.63) is 0 Å². The molecule has 108 valence electrons. The van der Waals surface area contributed by atoms with Gasteiger partial charge in [-0.2, -0.15) is 0 Å². The first kappa shape index (κ1) is 14.4. The number of hydrogen-bond donors (Lipinski definition) is 1. The van der Waals surface area contributed by atoms with Crippen LogP contribution >= 0.6 is 0 Å². The molecule has 1 aliphatic carbocycles. The highest BCUT2D eigenvalue weighted by Crippen LogP contribution is 2.39. The van der Waals surface area contributed by atoms with E-state index in [9.17, 15) is 9.59 Å². The molecule has 2 rings (SSSR count). The highest BCUT2D eigenvalue weighted by molar-refractivity contribution is 5.95. The zero-order valence-electron chi connectivity index (χ0n) is 12.5. The van der Waals surface area contributed by atoms with Gasteiger partial charge in [-0.3, -0.25) is 9.59 Å². The lowest BCUT2D eigenvalue weighted by atomic mass is 9.72. The van der Waals surface area contributed by atoms with Gasteiger partial charge in [-0.25, -0.2) is 0 Å². The molecule has 4 heteroatoms. The van der Waals surface area contributed by atoms with Gasteiger partial charge < -0.3 is 10.2 Å². The molecule has 0 aromatic carbocycles. The van der Waals surface area contributed by atoms with Crippen LogP contribution in [0.5, 0.6) is 0 Å². The number of carbonyl (C=O) groups excluding carboxylic acids is 2. The molecular formula is C15H26N2O2. The smallest absolute Gasteiger partial charge is 0.246 e. The topological polar surface area (TPSA) is 49.4 Å². The Kier molecular flexibility index (Phi) is 3.88. The van der Waals surface area contributed by atoms with Crippen molar-refractivity contribution < 1.29 is 9.59 Å². The second-order valence-electron chi connectivity index (χ2n) is 7.01. The van der Waals surface area contributed by atoms with Crippen LogP contribution in [0.3, 0.4) is 0 Å². The first-order chi connectivity index (χ1) is 8.83. The molecule has 1 saturated carbocycles. The summed E-state index contributed by atoms with van der Waals surface area (Å²) in [5.74, 6) is 0.236. The average molecular weight is 266 g/mol. The quantitative estimate of drug-likeness (QED) is 0.830. The normalized spacial score (nSPS) is 31.5. The van der Waals surface area contributed by atoms with Gasteiger partial charge in [-0.15, -0.1) is 0 Å². The molecule has 2 aliphatic rings. The Morgan fingerprint density at radius 1 is 1.26 bits per heavy atom. The standard InChI is InChI=1S/C15H26N2O2/c1-10(2)13-14(19)17(9-12(18)16-13)11-7-5-6-8-15(11,3)4/h10-11,13H,5-9H2,1-4H3,(H,16,18). The predicted octanol–water partition coefficient (Wildman–Crippen LogP) is 1.94. The second kappa shape index (κ2) is 5.14. The minimum absolute atomic E-state index is 0.0142. The van der Waals surface area contributed by atoms with Crippen LogP contribution in [0.15, 0.2) is 0 Å². The van der Waals surface area contributed by atoms with E-state index >= 15 is 0 Å². The van der Waals surface area contributed by atoms with Crippen LogP contribution in [-0.4, -0.2) is 35.3 Å². The molecule has 1 aliphatic heterocycles. The SMILES string of the molecule is CC(C)C1NC(=O)CN(C2CCCCC2(C)C)C1=O. The van der Waals surface area contributed by atoms with Crippen molar-refractivity contribution in [1.82, 2.24) is 10.2 Å². The maximum atomic E-state index is 12.6. The molecule has 0 bridgehead atoms. The van der Waals surface area contributed by atoms with Gasteiger partial charge >= 0.3 is 0 Å². The summed E-state index contributed by atoms with van der Waals surface area (Å²) in [5, 5.41) is 2.83. The molecule has 0 aromatic heterocycles. The van der Waals surface area contributed by atoms with Crippen molar-refractivity contribution in [2.75, 3.05) is 6.54 Å². The number of rotatable bonds is 2. The van der Waals surface area contributed by atoms with Gasteiger partial charge in [-0.05, 0) is 24.2 Å². The summed E-state index contributed by atoms with van der Waals surface area (Å²) in [6, 6.07) is -0.139. The van der Waals surface area contributed by atoms with Crippen LogP contribution < -0.4 is 5.32 Å². The molecule has 0 radical (unpaired) electrons. The van der Waals surface area contributed by atoms with E-state index in [1.165, 1.54) is 6.42 Å². The number of nitrogens with zero attached hydrogens (tertiary/aromatic N) is 1. The Morgan fingerprint density at radius 3 is 2.53 bits per heavy atom. The lowest BCUT2D eigenvalue weighted by Gasteiger charge is -2.48. The zero-order valence-corrected chi connectivity index (χ0v) is 12.5. The molecular weight excluding hydrogens is 240 g/mol. The number of piperazine rings is 1. The van der Waals surface area contributed by atoms with Crippen molar-refractivity contribution in [2.45, 2.75) is 65.5 Å². The number of hydrogen-bond acceptors (Lipinski definition) is 2. The van der Waals surface area contributed by atoms with E-state index in [1.54, 1.807) is 0 Å². The summed E-state index contributed by atoms with van der Waals surface area (Å²) < 4.78 is 0. The highest BCUT2D eigenvalue weighted by atomic mass is 16.2. The summed E-state index contributed by atoms with van der Waals surface area (Å²) in [5.41, 5.74) is 0.118. The van der Waals surface area contributed by atoms with Crippen molar-refractivity contribution in [3.8, 4) is 0 Å². The second-order valence-corrected chi connectivity index (χ2v) is 7.01. The van der Waals surface area contributed by atoms with Gasteiger partial charge in [-0.1, -0.05) is 40.5 Å². The largest absolute Gasteiger partial charge is 0.343 e. The monoisotopic (exact) mass is 266 g/mol. The summed E-state index contributed by atoms with van der Waals surface area (Å²) in [7, 11) is 0. The van der Waals surface area contributed by atoms with E-state index in [2.05, 4.69) is 19.2 Å². The third-order valence-electron chi connectivity index (χ3n) is 4.67. The van der Waals surface area contributed by atoms with Crippen LogP contribution in [0.2, 0.25) is 0 Å². The van der Waals surface area contributed by atoms with Crippen LogP contribution in [-0.2, 0) is 9.59 Å². The van der Waals surface area contributed by atoms with E-state index < -0.39 is 0 Å². The van der Waals surface area contributed by atoms with Crippen LogP contribution in [0.25, 0.3) is 0 Å². The van der Waals surface area contributed by atoms with Gasteiger partial charge in [0.25, 0.3) is 0 Å². The maximum absolute atomic E-state index is 12.6. The molecule has 1 heterocycles. The summed E-state index contributed by atoms with van der Waals surface area (Å²) in [6.07, 6.45) is 4.55. The maximum Gasteiger partial charge on any atom is 0.246 e. The van der Waals surface area contributed by atoms with Gasteiger partial charge in [0.05, 0.1) is 6.54 Å². The number of carbonyl (C=O) groups is 2. The first-order valence-corrected chi connectivity index (χ1v) is 7.43. The Balaban J connectivity index is 2.22. The lowest BCUT2D eigenvalue weighted by molar-refractivity contribution is -0.151. The molecule has 19 heavy (non-hydrogen) atoms. The van der Waals surface area contributed by atoms with E-state index in [-0.39, 0.29) is 41.8 Å². The number of nitrogens with one attached hydrogen (secondary N) is 1. The summed E-state index contributed by atoms with van der Waals surface area (Å²) in [6.45, 7) is 8.65. The molecule has 4 nitrogen and oxygen atoms in total. The fourth-order valence-corrected chi connectivity index (χ4v) is 3.46. The van der Waals surface area contributed by atoms with E-state index in [1.807, 2.05) is 18.7 Å². The number of amides is 2. The van der Waals surface area contributed by atoms with Gasteiger partial charge in [0.15, 0.2) is 0 Å². The molecule has 1 saturated heterocycles. The third-order valence-corrected chi connectivity index (χ3v) is 4.67. The fraction of sp³-hybridized carbons (Fsp3) is 0.867. The van der Waals surface area contributed by atoms with Gasteiger partial charge in [0.2, 0.25) is 11.8 Å². The van der Waals surface area contributed by atoms with Crippen molar-refractivity contribution >= 4 is 11.8 Å². The lowest BCUT2D eigenvalue weighted by Crippen LogP contribution is -2.64. The van der Waals surface area contributed by atoms with E-state index in [0.29, 0.717) is 0 Å². The minimum Gasteiger partial charge on any atom is -0.343 e. The van der Waals surface area contributed by atoms with Crippen molar-refractivity contribution in [3.63, 3.8) is 0 Å².